The summed E-state index contributed by atoms with van der Waals surface area (Å²) < 4.78 is 7.57. The molecule has 0 atom stereocenters. The van der Waals surface area contributed by atoms with Crippen molar-refractivity contribution in [2.45, 2.75) is 39.7 Å². The molecule has 108 valence electrons. The highest BCUT2D eigenvalue weighted by atomic mass is 16.3. The van der Waals surface area contributed by atoms with Gasteiger partial charge in [0.1, 0.15) is 5.69 Å². The quantitative estimate of drug-likeness (QED) is 0.908. The van der Waals surface area contributed by atoms with Crippen LogP contribution in [0.25, 0.3) is 11.1 Å². The Labute approximate surface area is 119 Å². The van der Waals surface area contributed by atoms with Gasteiger partial charge in [-0.1, -0.05) is 20.3 Å². The second-order valence-corrected chi connectivity index (χ2v) is 6.21. The van der Waals surface area contributed by atoms with Crippen molar-refractivity contribution in [2.75, 3.05) is 6.54 Å². The van der Waals surface area contributed by atoms with Crippen molar-refractivity contribution in [1.82, 2.24) is 9.88 Å². The molecule has 1 aliphatic carbocycles. The third kappa shape index (κ3) is 2.47. The number of fused-ring (bicyclic) bond motifs is 1. The summed E-state index contributed by atoms with van der Waals surface area (Å²) in [6.45, 7) is 5.82. The molecule has 0 radical (unpaired) electrons. The first kappa shape index (κ1) is 13.3. The molecule has 20 heavy (non-hydrogen) atoms. The van der Waals surface area contributed by atoms with Gasteiger partial charge < -0.3 is 14.3 Å². The Hall–Kier alpha value is -1.71. The number of aromatic nitrogens is 1. The van der Waals surface area contributed by atoms with Crippen molar-refractivity contribution in [3.63, 3.8) is 0 Å². The first-order chi connectivity index (χ1) is 9.65. The van der Waals surface area contributed by atoms with Gasteiger partial charge in [-0.15, -0.1) is 0 Å². The van der Waals surface area contributed by atoms with Crippen LogP contribution in [0.2, 0.25) is 0 Å². The van der Waals surface area contributed by atoms with Crippen molar-refractivity contribution in [3.8, 4) is 0 Å². The van der Waals surface area contributed by atoms with Crippen molar-refractivity contribution in [2.24, 2.45) is 11.8 Å². The molecule has 4 heteroatoms. The summed E-state index contributed by atoms with van der Waals surface area (Å²) in [7, 11) is 0. The van der Waals surface area contributed by atoms with E-state index in [9.17, 15) is 4.79 Å². The lowest BCUT2D eigenvalue weighted by Crippen LogP contribution is -2.30. The van der Waals surface area contributed by atoms with Crippen LogP contribution in [0.1, 0.15) is 43.6 Å². The van der Waals surface area contributed by atoms with E-state index in [1.807, 2.05) is 12.1 Å². The third-order valence-corrected chi connectivity index (χ3v) is 4.09. The molecule has 3 rings (SSSR count). The summed E-state index contributed by atoms with van der Waals surface area (Å²) in [4.78, 5) is 12.4. The van der Waals surface area contributed by atoms with Crippen LogP contribution in [-0.4, -0.2) is 17.0 Å². The van der Waals surface area contributed by atoms with Gasteiger partial charge in [-0.25, -0.2) is 0 Å². The minimum Gasteiger partial charge on any atom is -0.463 e. The van der Waals surface area contributed by atoms with Crippen molar-refractivity contribution in [3.05, 3.63) is 24.1 Å². The van der Waals surface area contributed by atoms with E-state index in [4.69, 9.17) is 4.42 Å². The fourth-order valence-electron chi connectivity index (χ4n) is 2.68. The van der Waals surface area contributed by atoms with Gasteiger partial charge in [0, 0.05) is 25.2 Å². The first-order valence-corrected chi connectivity index (χ1v) is 7.50. The molecule has 0 aromatic carbocycles. The maximum Gasteiger partial charge on any atom is 0.268 e. The molecule has 0 saturated heterocycles. The molecule has 1 saturated carbocycles. The van der Waals surface area contributed by atoms with E-state index in [0.29, 0.717) is 18.4 Å². The first-order valence-electron chi connectivity index (χ1n) is 7.50. The summed E-state index contributed by atoms with van der Waals surface area (Å²) in [6.07, 6.45) is 5.54. The van der Waals surface area contributed by atoms with Crippen LogP contribution in [-0.2, 0) is 6.54 Å². The molecule has 2 aromatic rings. The minimum atomic E-state index is 0.00410. The molecule has 0 unspecified atom stereocenters. The van der Waals surface area contributed by atoms with Gasteiger partial charge >= 0.3 is 0 Å². The summed E-state index contributed by atoms with van der Waals surface area (Å²) >= 11 is 0. The zero-order valence-electron chi connectivity index (χ0n) is 12.2. The summed E-state index contributed by atoms with van der Waals surface area (Å²) in [5.41, 5.74) is 2.57. The van der Waals surface area contributed by atoms with E-state index in [1.165, 1.54) is 19.3 Å². The molecule has 0 aliphatic heterocycles. The van der Waals surface area contributed by atoms with E-state index in [-0.39, 0.29) is 5.91 Å². The number of hydrogen-bond donors (Lipinski definition) is 1. The third-order valence-electron chi connectivity index (χ3n) is 4.09. The van der Waals surface area contributed by atoms with Crippen molar-refractivity contribution < 1.29 is 9.21 Å². The zero-order valence-corrected chi connectivity index (χ0v) is 12.2. The normalized spacial score (nSPS) is 15.8. The van der Waals surface area contributed by atoms with Crippen molar-refractivity contribution in [1.29, 1.82) is 0 Å². The Bertz CT molecular complexity index is 605. The van der Waals surface area contributed by atoms with Crippen LogP contribution in [0, 0.1) is 11.8 Å². The molecule has 1 fully saturated rings. The van der Waals surface area contributed by atoms with Gasteiger partial charge in [0.15, 0.2) is 5.58 Å². The maximum absolute atomic E-state index is 12.4. The Kier molecular flexibility index (Phi) is 3.55. The van der Waals surface area contributed by atoms with Gasteiger partial charge in [-0.2, -0.15) is 0 Å². The Morgan fingerprint density at radius 1 is 1.50 bits per heavy atom. The average Bonchev–Trinajstić information content (AvgIpc) is 2.91. The summed E-state index contributed by atoms with van der Waals surface area (Å²) in [5.74, 6) is 1.17. The Morgan fingerprint density at radius 2 is 2.30 bits per heavy atom. The largest absolute Gasteiger partial charge is 0.463 e. The summed E-state index contributed by atoms with van der Waals surface area (Å²) in [6, 6.07) is 3.82. The van der Waals surface area contributed by atoms with Crippen LogP contribution in [0.15, 0.2) is 22.8 Å². The molecule has 1 amide bonds. The van der Waals surface area contributed by atoms with E-state index < -0.39 is 0 Å². The maximum atomic E-state index is 12.4. The lowest BCUT2D eigenvalue weighted by atomic mass is 9.85. The predicted octanol–water partition coefficient (Wildman–Crippen LogP) is 3.42. The molecule has 0 bridgehead atoms. The van der Waals surface area contributed by atoms with Crippen LogP contribution in [0.3, 0.4) is 0 Å². The van der Waals surface area contributed by atoms with Gasteiger partial charge in [0.2, 0.25) is 0 Å². The standard InChI is InChI=1S/C16H22N2O2/c1-11(2)9-17-16(19)14-8-15-13(6-7-20-15)18(14)10-12-4-3-5-12/h6-8,11-12H,3-5,9-10H2,1-2H3,(H,17,19). The fraction of sp³-hybridized carbons (Fsp3) is 0.562. The van der Waals surface area contributed by atoms with Crippen molar-refractivity contribution >= 4 is 17.0 Å². The van der Waals surface area contributed by atoms with E-state index in [0.717, 1.165) is 23.3 Å². The number of amides is 1. The van der Waals surface area contributed by atoms with Gasteiger partial charge in [0.05, 0.1) is 11.8 Å². The second-order valence-electron chi connectivity index (χ2n) is 6.21. The highest BCUT2D eigenvalue weighted by Crippen LogP contribution is 2.31. The predicted molar refractivity (Wildman–Crippen MR) is 78.7 cm³/mol. The van der Waals surface area contributed by atoms with Crippen LogP contribution in [0.4, 0.5) is 0 Å². The lowest BCUT2D eigenvalue weighted by Gasteiger charge is -2.26. The van der Waals surface area contributed by atoms with Crippen LogP contribution in [0.5, 0.6) is 0 Å². The highest BCUT2D eigenvalue weighted by Gasteiger charge is 2.23. The number of nitrogens with zero attached hydrogens (tertiary/aromatic N) is 1. The smallest absolute Gasteiger partial charge is 0.268 e. The zero-order chi connectivity index (χ0) is 14.1. The van der Waals surface area contributed by atoms with E-state index in [2.05, 4.69) is 23.7 Å². The molecule has 1 aliphatic rings. The number of hydrogen-bond acceptors (Lipinski definition) is 2. The Balaban J connectivity index is 1.86. The minimum absolute atomic E-state index is 0.00410. The van der Waals surface area contributed by atoms with Crippen LogP contribution < -0.4 is 5.32 Å². The van der Waals surface area contributed by atoms with Gasteiger partial charge in [0.25, 0.3) is 5.91 Å². The topological polar surface area (TPSA) is 47.2 Å². The fourth-order valence-corrected chi connectivity index (χ4v) is 2.68. The van der Waals surface area contributed by atoms with E-state index >= 15 is 0 Å². The molecule has 2 aromatic heterocycles. The number of carbonyl (C=O) groups excluding carboxylic acids is 1. The lowest BCUT2D eigenvalue weighted by molar-refractivity contribution is 0.0937. The highest BCUT2D eigenvalue weighted by molar-refractivity contribution is 5.97. The van der Waals surface area contributed by atoms with Gasteiger partial charge in [-0.05, 0) is 24.7 Å². The molecule has 4 nitrogen and oxygen atoms in total. The molecule has 2 heterocycles. The second kappa shape index (κ2) is 5.35. The molecule has 1 N–H and O–H groups in total. The summed E-state index contributed by atoms with van der Waals surface area (Å²) in [5, 5.41) is 3.00. The Morgan fingerprint density at radius 3 is 2.95 bits per heavy atom. The van der Waals surface area contributed by atoms with Crippen LogP contribution >= 0.6 is 0 Å². The molecular formula is C16H22N2O2. The number of nitrogens with one attached hydrogen (secondary N) is 1. The molecule has 0 spiro atoms. The molecular weight excluding hydrogens is 252 g/mol. The van der Waals surface area contributed by atoms with E-state index in [1.54, 1.807) is 6.26 Å². The number of furan rings is 1. The number of rotatable bonds is 5. The number of carbonyl (C=O) groups is 1. The SMILES string of the molecule is CC(C)CNC(=O)c1cc2occc2n1CC1CCC1. The monoisotopic (exact) mass is 274 g/mol. The average molecular weight is 274 g/mol. The van der Waals surface area contributed by atoms with Gasteiger partial charge in [-0.3, -0.25) is 4.79 Å².